The topological polar surface area (TPSA) is 58.1 Å². The maximum absolute atomic E-state index is 12.3. The number of anilines is 1. The summed E-state index contributed by atoms with van der Waals surface area (Å²) in [4.78, 5) is 14.0. The minimum absolute atomic E-state index is 0.132. The summed E-state index contributed by atoms with van der Waals surface area (Å²) in [6, 6.07) is 8.36. The summed E-state index contributed by atoms with van der Waals surface area (Å²) in [5.41, 5.74) is 4.21. The Kier molecular flexibility index (Phi) is 3.64. The molecule has 0 aliphatic heterocycles. The first kappa shape index (κ1) is 13.1. The van der Waals surface area contributed by atoms with Gasteiger partial charge in [-0.05, 0) is 30.4 Å². The molecular weight excluding hydrogens is 272 g/mol. The molecule has 1 aromatic carbocycles. The van der Waals surface area contributed by atoms with Crippen LogP contribution in [-0.2, 0) is 6.42 Å². The van der Waals surface area contributed by atoms with Gasteiger partial charge in [0.1, 0.15) is 5.51 Å². The molecule has 0 radical (unpaired) electrons. The Bertz CT molecular complexity index is 599. The summed E-state index contributed by atoms with van der Waals surface area (Å²) in [6.45, 7) is 0. The van der Waals surface area contributed by atoms with Crippen molar-refractivity contribution in [2.45, 2.75) is 25.3 Å². The molecule has 1 aromatic heterocycles. The second kappa shape index (κ2) is 5.58. The van der Waals surface area contributed by atoms with E-state index in [0.717, 1.165) is 19.3 Å². The van der Waals surface area contributed by atoms with Crippen molar-refractivity contribution in [3.05, 3.63) is 40.9 Å². The number of aryl methyl sites for hydroxylation is 1. The zero-order valence-corrected chi connectivity index (χ0v) is 12.1. The highest BCUT2D eigenvalue weighted by Gasteiger charge is 2.26. The van der Waals surface area contributed by atoms with E-state index in [1.165, 1.54) is 22.5 Å². The van der Waals surface area contributed by atoms with Crippen LogP contribution >= 0.6 is 11.3 Å². The zero-order valence-electron chi connectivity index (χ0n) is 11.2. The van der Waals surface area contributed by atoms with Gasteiger partial charge >= 0.3 is 6.03 Å². The number of rotatable bonds is 2. The van der Waals surface area contributed by atoms with Gasteiger partial charge in [-0.2, -0.15) is 0 Å². The fourth-order valence-electron chi connectivity index (χ4n) is 2.68. The molecule has 1 aliphatic carbocycles. The number of nitrogens with one attached hydrogen (secondary N) is 1. The molecule has 0 saturated carbocycles. The van der Waals surface area contributed by atoms with E-state index in [9.17, 15) is 4.79 Å². The summed E-state index contributed by atoms with van der Waals surface area (Å²) in [5, 5.41) is 10.9. The number of hydrogen-bond acceptors (Lipinski definition) is 4. The lowest BCUT2D eigenvalue weighted by atomic mass is 9.87. The van der Waals surface area contributed by atoms with Gasteiger partial charge in [-0.1, -0.05) is 35.6 Å². The molecule has 5 nitrogen and oxygen atoms in total. The predicted octanol–water partition coefficient (Wildman–Crippen LogP) is 3.08. The Morgan fingerprint density at radius 1 is 1.45 bits per heavy atom. The van der Waals surface area contributed by atoms with Crippen LogP contribution in [0, 0.1) is 0 Å². The monoisotopic (exact) mass is 288 g/mol. The lowest BCUT2D eigenvalue weighted by Crippen LogP contribution is -2.36. The maximum Gasteiger partial charge on any atom is 0.323 e. The van der Waals surface area contributed by atoms with E-state index in [4.69, 9.17) is 0 Å². The molecule has 1 atom stereocenters. The van der Waals surface area contributed by atoms with Crippen LogP contribution in [0.3, 0.4) is 0 Å². The highest BCUT2D eigenvalue weighted by molar-refractivity contribution is 7.13. The van der Waals surface area contributed by atoms with Gasteiger partial charge in [-0.25, -0.2) is 4.79 Å². The number of carbonyl (C=O) groups is 1. The molecule has 0 saturated heterocycles. The van der Waals surface area contributed by atoms with Crippen LogP contribution < -0.4 is 5.32 Å². The van der Waals surface area contributed by atoms with Crippen LogP contribution in [0.1, 0.15) is 30.0 Å². The molecule has 104 valence electrons. The lowest BCUT2D eigenvalue weighted by molar-refractivity contribution is 0.197. The maximum atomic E-state index is 12.3. The van der Waals surface area contributed by atoms with E-state index in [0.29, 0.717) is 5.13 Å². The SMILES string of the molecule is CN(C(=O)Nc1nncs1)[C@H]1CCCc2ccccc21. The van der Waals surface area contributed by atoms with Crippen LogP contribution in [-0.4, -0.2) is 28.2 Å². The van der Waals surface area contributed by atoms with Gasteiger partial charge in [-0.15, -0.1) is 10.2 Å². The van der Waals surface area contributed by atoms with Crippen molar-refractivity contribution in [2.75, 3.05) is 12.4 Å². The van der Waals surface area contributed by atoms with Gasteiger partial charge < -0.3 is 4.90 Å². The molecule has 0 fully saturated rings. The van der Waals surface area contributed by atoms with Gasteiger partial charge in [0.2, 0.25) is 5.13 Å². The summed E-state index contributed by atoms with van der Waals surface area (Å²) in [6.07, 6.45) is 3.20. The first-order valence-electron chi connectivity index (χ1n) is 6.63. The number of carbonyl (C=O) groups excluding carboxylic acids is 1. The summed E-state index contributed by atoms with van der Waals surface area (Å²) >= 11 is 1.32. The highest BCUT2D eigenvalue weighted by Crippen LogP contribution is 2.33. The average Bonchev–Trinajstić information content (AvgIpc) is 2.99. The number of nitrogens with zero attached hydrogens (tertiary/aromatic N) is 3. The molecule has 1 heterocycles. The molecule has 0 bridgehead atoms. The molecule has 20 heavy (non-hydrogen) atoms. The average molecular weight is 288 g/mol. The van der Waals surface area contributed by atoms with E-state index in [1.54, 1.807) is 10.4 Å². The Balaban J connectivity index is 1.77. The van der Waals surface area contributed by atoms with E-state index in [-0.39, 0.29) is 12.1 Å². The molecule has 0 spiro atoms. The van der Waals surface area contributed by atoms with Crippen molar-refractivity contribution in [3.8, 4) is 0 Å². The van der Waals surface area contributed by atoms with Gasteiger partial charge in [-0.3, -0.25) is 5.32 Å². The van der Waals surface area contributed by atoms with Crippen molar-refractivity contribution in [1.82, 2.24) is 15.1 Å². The van der Waals surface area contributed by atoms with Crippen LogP contribution in [0.25, 0.3) is 0 Å². The van der Waals surface area contributed by atoms with Crippen molar-refractivity contribution in [1.29, 1.82) is 0 Å². The Hall–Kier alpha value is -1.95. The minimum atomic E-state index is -0.136. The van der Waals surface area contributed by atoms with Crippen LogP contribution in [0.5, 0.6) is 0 Å². The lowest BCUT2D eigenvalue weighted by Gasteiger charge is -2.33. The van der Waals surface area contributed by atoms with Gasteiger partial charge in [0.05, 0.1) is 6.04 Å². The van der Waals surface area contributed by atoms with Crippen LogP contribution in [0.2, 0.25) is 0 Å². The number of amides is 2. The third-order valence-electron chi connectivity index (χ3n) is 3.70. The zero-order chi connectivity index (χ0) is 13.9. The Labute approximate surface area is 121 Å². The summed E-state index contributed by atoms with van der Waals surface area (Å²) in [7, 11) is 1.84. The second-order valence-electron chi connectivity index (χ2n) is 4.89. The number of benzene rings is 1. The Morgan fingerprint density at radius 3 is 3.10 bits per heavy atom. The normalized spacial score (nSPS) is 17.4. The van der Waals surface area contributed by atoms with Gasteiger partial charge in [0.15, 0.2) is 0 Å². The number of urea groups is 1. The van der Waals surface area contributed by atoms with Gasteiger partial charge in [0.25, 0.3) is 0 Å². The van der Waals surface area contributed by atoms with Crippen molar-refractivity contribution >= 4 is 22.5 Å². The van der Waals surface area contributed by atoms with Crippen LogP contribution in [0.4, 0.5) is 9.93 Å². The first-order valence-corrected chi connectivity index (χ1v) is 7.51. The van der Waals surface area contributed by atoms with E-state index in [2.05, 4.69) is 33.7 Å². The quantitative estimate of drug-likeness (QED) is 0.924. The van der Waals surface area contributed by atoms with E-state index < -0.39 is 0 Å². The van der Waals surface area contributed by atoms with E-state index >= 15 is 0 Å². The van der Waals surface area contributed by atoms with Crippen molar-refractivity contribution < 1.29 is 4.79 Å². The standard InChI is InChI=1S/C14H16N4OS/c1-18(14(19)16-13-17-15-9-20-13)12-8-4-6-10-5-2-3-7-11(10)12/h2-3,5,7,9,12H,4,6,8H2,1H3,(H,16,17,19)/t12-/m0/s1. The molecule has 3 rings (SSSR count). The third kappa shape index (κ3) is 2.51. The smallest absolute Gasteiger partial charge is 0.320 e. The number of fused-ring (bicyclic) bond motifs is 1. The molecule has 0 unspecified atom stereocenters. The van der Waals surface area contributed by atoms with Crippen LogP contribution in [0.15, 0.2) is 29.8 Å². The first-order chi connectivity index (χ1) is 9.75. The van der Waals surface area contributed by atoms with Gasteiger partial charge in [0, 0.05) is 7.05 Å². The molecule has 1 aliphatic rings. The number of aromatic nitrogens is 2. The fraction of sp³-hybridized carbons (Fsp3) is 0.357. The van der Waals surface area contributed by atoms with E-state index in [1.807, 2.05) is 13.1 Å². The fourth-order valence-corrected chi connectivity index (χ4v) is 3.11. The largest absolute Gasteiger partial charge is 0.323 e. The summed E-state index contributed by atoms with van der Waals surface area (Å²) in [5.74, 6) is 0. The predicted molar refractivity (Wildman–Crippen MR) is 78.8 cm³/mol. The minimum Gasteiger partial charge on any atom is -0.320 e. The van der Waals surface area contributed by atoms with Crippen molar-refractivity contribution in [2.24, 2.45) is 0 Å². The number of hydrogen-bond donors (Lipinski definition) is 1. The highest BCUT2D eigenvalue weighted by atomic mass is 32.1. The van der Waals surface area contributed by atoms with Crippen molar-refractivity contribution in [3.63, 3.8) is 0 Å². The molecule has 1 N–H and O–H groups in total. The molecule has 6 heteroatoms. The molecule has 2 amide bonds. The molecular formula is C14H16N4OS. The summed E-state index contributed by atoms with van der Waals surface area (Å²) < 4.78 is 0. The second-order valence-corrected chi connectivity index (χ2v) is 5.72. The Morgan fingerprint density at radius 2 is 2.30 bits per heavy atom. The third-order valence-corrected chi connectivity index (χ3v) is 4.31. The molecule has 2 aromatic rings.